The van der Waals surface area contributed by atoms with Gasteiger partial charge in [0, 0.05) is 31.5 Å². The predicted octanol–water partition coefficient (Wildman–Crippen LogP) is 0.436. The molecule has 2 heterocycles. The van der Waals surface area contributed by atoms with Gasteiger partial charge in [-0.25, -0.2) is 4.98 Å². The molecule has 6 nitrogen and oxygen atoms in total. The predicted molar refractivity (Wildman–Crippen MR) is 69.8 cm³/mol. The number of hydrogen-bond donors (Lipinski definition) is 1. The number of rotatable bonds is 3. The molecule has 1 aliphatic heterocycles. The molecular weight excluding hydrogens is 268 g/mol. The van der Waals surface area contributed by atoms with Crippen LogP contribution in [0.5, 0.6) is 0 Å². The van der Waals surface area contributed by atoms with E-state index in [1.54, 1.807) is 4.90 Å². The van der Waals surface area contributed by atoms with E-state index in [0.29, 0.717) is 18.8 Å². The van der Waals surface area contributed by atoms with Crippen molar-refractivity contribution in [3.8, 4) is 0 Å². The number of alkyl halides is 1. The molecule has 102 valence electrons. The van der Waals surface area contributed by atoms with Crippen LogP contribution in [0, 0.1) is 0 Å². The fourth-order valence-electron chi connectivity index (χ4n) is 2.06. The first kappa shape index (κ1) is 13.7. The van der Waals surface area contributed by atoms with E-state index < -0.39 is 0 Å². The van der Waals surface area contributed by atoms with Crippen molar-refractivity contribution in [1.29, 1.82) is 0 Å². The maximum Gasteiger partial charge on any atom is 0.274 e. The molecule has 7 heteroatoms. The molecule has 1 saturated heterocycles. The number of amides is 2. The second-order valence-corrected chi connectivity index (χ2v) is 4.63. The molecule has 2 rings (SSSR count). The molecule has 2 amide bonds. The van der Waals surface area contributed by atoms with Crippen molar-refractivity contribution in [3.05, 3.63) is 24.3 Å². The van der Waals surface area contributed by atoms with Crippen LogP contribution in [0.3, 0.4) is 0 Å². The Hall–Kier alpha value is -1.69. The average molecular weight is 283 g/mol. The van der Waals surface area contributed by atoms with Crippen LogP contribution < -0.4 is 5.32 Å². The van der Waals surface area contributed by atoms with Gasteiger partial charge in [0.25, 0.3) is 5.91 Å². The first-order valence-corrected chi connectivity index (χ1v) is 6.65. The molecule has 0 saturated carbocycles. The second-order valence-electron chi connectivity index (χ2n) is 4.36. The van der Waals surface area contributed by atoms with Crippen molar-refractivity contribution in [2.45, 2.75) is 18.9 Å². The topological polar surface area (TPSA) is 75.2 Å². The van der Waals surface area contributed by atoms with Crippen LogP contribution in [0.1, 0.15) is 23.3 Å². The van der Waals surface area contributed by atoms with Gasteiger partial charge in [-0.1, -0.05) is 0 Å². The summed E-state index contributed by atoms with van der Waals surface area (Å²) >= 11 is 5.44. The van der Waals surface area contributed by atoms with E-state index in [1.165, 1.54) is 18.6 Å². The summed E-state index contributed by atoms with van der Waals surface area (Å²) in [5.74, 6) is -0.311. The lowest BCUT2D eigenvalue weighted by molar-refractivity contribution is -0.119. The Morgan fingerprint density at radius 3 is 2.68 bits per heavy atom. The van der Waals surface area contributed by atoms with E-state index in [0.717, 1.165) is 12.8 Å². The van der Waals surface area contributed by atoms with E-state index >= 15 is 0 Å². The number of aromatic nitrogens is 2. The molecule has 19 heavy (non-hydrogen) atoms. The number of likely N-dealkylation sites (tertiary alicyclic amines) is 1. The van der Waals surface area contributed by atoms with Gasteiger partial charge in [-0.05, 0) is 12.8 Å². The summed E-state index contributed by atoms with van der Waals surface area (Å²) in [6, 6.07) is 0.0946. The Labute approximate surface area is 116 Å². The Balaban J connectivity index is 1.86. The summed E-state index contributed by atoms with van der Waals surface area (Å²) in [4.78, 5) is 32.9. The summed E-state index contributed by atoms with van der Waals surface area (Å²) in [7, 11) is 0. The van der Waals surface area contributed by atoms with Crippen molar-refractivity contribution in [1.82, 2.24) is 20.2 Å². The van der Waals surface area contributed by atoms with Crippen molar-refractivity contribution < 1.29 is 9.59 Å². The van der Waals surface area contributed by atoms with Gasteiger partial charge >= 0.3 is 0 Å². The minimum absolute atomic E-state index is 0.0290. The summed E-state index contributed by atoms with van der Waals surface area (Å²) < 4.78 is 0. The Bertz CT molecular complexity index is 446. The summed E-state index contributed by atoms with van der Waals surface area (Å²) in [5.41, 5.74) is 0.353. The number of carbonyl (C=O) groups excluding carboxylic acids is 2. The fraction of sp³-hybridized carbons (Fsp3) is 0.500. The molecule has 0 atom stereocenters. The molecule has 1 aromatic rings. The van der Waals surface area contributed by atoms with Gasteiger partial charge in [0.2, 0.25) is 5.91 Å². The lowest BCUT2D eigenvalue weighted by Gasteiger charge is -2.32. The number of nitrogens with one attached hydrogen (secondary N) is 1. The lowest BCUT2D eigenvalue weighted by Crippen LogP contribution is -2.47. The van der Waals surface area contributed by atoms with Gasteiger partial charge in [-0.15, -0.1) is 11.6 Å². The molecule has 0 aliphatic carbocycles. The van der Waals surface area contributed by atoms with Crippen LogP contribution in [0.15, 0.2) is 18.6 Å². The molecule has 0 radical (unpaired) electrons. The zero-order valence-corrected chi connectivity index (χ0v) is 11.1. The van der Waals surface area contributed by atoms with Crippen LogP contribution in [-0.2, 0) is 4.79 Å². The zero-order chi connectivity index (χ0) is 13.7. The highest BCUT2D eigenvalue weighted by Gasteiger charge is 2.24. The second kappa shape index (κ2) is 6.47. The highest BCUT2D eigenvalue weighted by atomic mass is 35.5. The van der Waals surface area contributed by atoms with Gasteiger partial charge in [-0.2, -0.15) is 0 Å². The maximum absolute atomic E-state index is 12.1. The summed E-state index contributed by atoms with van der Waals surface area (Å²) in [6.45, 7) is 1.20. The van der Waals surface area contributed by atoms with E-state index in [2.05, 4.69) is 15.3 Å². The van der Waals surface area contributed by atoms with Gasteiger partial charge in [-0.3, -0.25) is 14.6 Å². The Morgan fingerprint density at radius 2 is 2.11 bits per heavy atom. The lowest BCUT2D eigenvalue weighted by atomic mass is 10.0. The number of carbonyl (C=O) groups is 2. The number of halogens is 1. The van der Waals surface area contributed by atoms with Crippen LogP contribution in [-0.4, -0.2) is 51.7 Å². The molecule has 0 bridgehead atoms. The first-order valence-electron chi connectivity index (χ1n) is 6.11. The van der Waals surface area contributed by atoms with Crippen molar-refractivity contribution in [2.24, 2.45) is 0 Å². The SMILES string of the molecule is O=C(CCl)NC1CCN(C(=O)c2cnccn2)CC1. The number of nitrogens with zero attached hydrogens (tertiary/aromatic N) is 3. The minimum Gasteiger partial charge on any atom is -0.352 e. The monoisotopic (exact) mass is 282 g/mol. The highest BCUT2D eigenvalue weighted by Crippen LogP contribution is 2.12. The van der Waals surface area contributed by atoms with Crippen LogP contribution >= 0.6 is 11.6 Å². The molecule has 0 unspecified atom stereocenters. The maximum atomic E-state index is 12.1. The molecule has 1 fully saturated rings. The molecule has 1 aliphatic rings. The first-order chi connectivity index (χ1) is 9.20. The zero-order valence-electron chi connectivity index (χ0n) is 10.4. The Kier molecular flexibility index (Phi) is 4.68. The van der Waals surface area contributed by atoms with Crippen molar-refractivity contribution >= 4 is 23.4 Å². The third-order valence-corrected chi connectivity index (χ3v) is 3.29. The van der Waals surface area contributed by atoms with Gasteiger partial charge in [0.05, 0.1) is 6.20 Å². The average Bonchev–Trinajstić information content (AvgIpc) is 2.48. The van der Waals surface area contributed by atoms with E-state index in [9.17, 15) is 9.59 Å². The van der Waals surface area contributed by atoms with Gasteiger partial charge in [0.15, 0.2) is 0 Å². The highest BCUT2D eigenvalue weighted by molar-refractivity contribution is 6.27. The standard InChI is InChI=1S/C12H15ClN4O2/c13-7-11(18)16-9-1-5-17(6-2-9)12(19)10-8-14-3-4-15-10/h3-4,8-9H,1-2,5-7H2,(H,16,18). The number of piperidine rings is 1. The normalized spacial score (nSPS) is 16.2. The molecular formula is C12H15ClN4O2. The van der Waals surface area contributed by atoms with Crippen molar-refractivity contribution in [2.75, 3.05) is 19.0 Å². The fourth-order valence-corrected chi connectivity index (χ4v) is 2.14. The third kappa shape index (κ3) is 3.64. The molecule has 1 N–H and O–H groups in total. The van der Waals surface area contributed by atoms with Gasteiger partial charge < -0.3 is 10.2 Å². The van der Waals surface area contributed by atoms with E-state index in [4.69, 9.17) is 11.6 Å². The third-order valence-electron chi connectivity index (χ3n) is 3.05. The molecule has 1 aromatic heterocycles. The summed E-state index contributed by atoms with van der Waals surface area (Å²) in [6.07, 6.45) is 5.96. The smallest absolute Gasteiger partial charge is 0.274 e. The molecule has 0 aromatic carbocycles. The van der Waals surface area contributed by atoms with Gasteiger partial charge in [0.1, 0.15) is 11.6 Å². The molecule has 0 spiro atoms. The minimum atomic E-state index is -0.166. The van der Waals surface area contributed by atoms with Crippen LogP contribution in [0.4, 0.5) is 0 Å². The van der Waals surface area contributed by atoms with Crippen molar-refractivity contribution in [3.63, 3.8) is 0 Å². The quantitative estimate of drug-likeness (QED) is 0.816. The largest absolute Gasteiger partial charge is 0.352 e. The van der Waals surface area contributed by atoms with E-state index in [-0.39, 0.29) is 23.7 Å². The Morgan fingerprint density at radius 1 is 1.37 bits per heavy atom. The summed E-state index contributed by atoms with van der Waals surface area (Å²) in [5, 5.41) is 2.83. The van der Waals surface area contributed by atoms with E-state index in [1.807, 2.05) is 0 Å². The van der Waals surface area contributed by atoms with Crippen LogP contribution in [0.2, 0.25) is 0 Å². The number of hydrogen-bond acceptors (Lipinski definition) is 4. The van der Waals surface area contributed by atoms with Crippen LogP contribution in [0.25, 0.3) is 0 Å².